The number of imide groups is 1. The molecule has 1 fully saturated rings. The maximum absolute atomic E-state index is 12.8. The topological polar surface area (TPSA) is 88.3 Å². The summed E-state index contributed by atoms with van der Waals surface area (Å²) in [6, 6.07) is 10.2. The molecule has 0 aliphatic carbocycles. The van der Waals surface area contributed by atoms with E-state index in [-0.39, 0.29) is 18.3 Å². The Labute approximate surface area is 157 Å². The van der Waals surface area contributed by atoms with Crippen LogP contribution in [0.2, 0.25) is 5.02 Å². The van der Waals surface area contributed by atoms with Gasteiger partial charge in [0.05, 0.1) is 0 Å². The monoisotopic (exact) mass is 388 g/mol. The number of benzene rings is 1. The van der Waals surface area contributed by atoms with Gasteiger partial charge in [0.2, 0.25) is 11.7 Å². The maximum atomic E-state index is 12.8. The Hall–Kier alpha value is -2.71. The van der Waals surface area contributed by atoms with Gasteiger partial charge in [-0.15, -0.1) is 11.3 Å². The van der Waals surface area contributed by atoms with Crippen molar-refractivity contribution < 1.29 is 14.1 Å². The van der Waals surface area contributed by atoms with Gasteiger partial charge in [0, 0.05) is 15.5 Å². The summed E-state index contributed by atoms with van der Waals surface area (Å²) in [4.78, 5) is 31.2. The van der Waals surface area contributed by atoms with Crippen LogP contribution in [-0.4, -0.2) is 27.0 Å². The first-order valence-electron chi connectivity index (χ1n) is 7.74. The minimum absolute atomic E-state index is 0.0980. The zero-order valence-corrected chi connectivity index (χ0v) is 15.2. The summed E-state index contributed by atoms with van der Waals surface area (Å²) in [5, 5.41) is 9.04. The van der Waals surface area contributed by atoms with Crippen LogP contribution in [0.5, 0.6) is 0 Å². The van der Waals surface area contributed by atoms with E-state index in [0.29, 0.717) is 16.4 Å². The third-order valence-corrected chi connectivity index (χ3v) is 5.46. The first kappa shape index (κ1) is 16.7. The minimum Gasteiger partial charge on any atom is -0.337 e. The SMILES string of the molecule is CC1(c2cccs2)NC(=O)N(Cc2nc(-c3cccc(Cl)c3)no2)C1=O. The van der Waals surface area contributed by atoms with Crippen LogP contribution < -0.4 is 5.32 Å². The number of urea groups is 1. The molecule has 7 nitrogen and oxygen atoms in total. The van der Waals surface area contributed by atoms with E-state index in [2.05, 4.69) is 15.5 Å². The highest BCUT2D eigenvalue weighted by Crippen LogP contribution is 2.32. The summed E-state index contributed by atoms with van der Waals surface area (Å²) in [5.41, 5.74) is -0.394. The van der Waals surface area contributed by atoms with Crippen molar-refractivity contribution in [1.29, 1.82) is 0 Å². The van der Waals surface area contributed by atoms with Crippen LogP contribution in [0.15, 0.2) is 46.3 Å². The van der Waals surface area contributed by atoms with E-state index in [4.69, 9.17) is 16.1 Å². The predicted octanol–water partition coefficient (Wildman–Crippen LogP) is 3.42. The number of amides is 3. The Morgan fingerprint density at radius 3 is 2.88 bits per heavy atom. The van der Waals surface area contributed by atoms with Gasteiger partial charge in [-0.2, -0.15) is 4.98 Å². The van der Waals surface area contributed by atoms with Gasteiger partial charge in [0.1, 0.15) is 6.54 Å². The van der Waals surface area contributed by atoms with E-state index in [1.807, 2.05) is 17.5 Å². The molecule has 132 valence electrons. The Kier molecular flexibility index (Phi) is 4.01. The Bertz CT molecular complexity index is 988. The van der Waals surface area contributed by atoms with E-state index >= 15 is 0 Å². The van der Waals surface area contributed by atoms with Crippen molar-refractivity contribution in [3.05, 3.63) is 57.6 Å². The molecule has 4 rings (SSSR count). The lowest BCUT2D eigenvalue weighted by Crippen LogP contribution is -2.40. The molecule has 3 aromatic rings. The zero-order valence-electron chi connectivity index (χ0n) is 13.6. The molecule has 1 saturated heterocycles. The zero-order chi connectivity index (χ0) is 18.3. The number of carbonyl (C=O) groups excluding carboxylic acids is 2. The van der Waals surface area contributed by atoms with Crippen LogP contribution in [-0.2, 0) is 16.9 Å². The molecule has 0 bridgehead atoms. The van der Waals surface area contributed by atoms with Crippen molar-refractivity contribution in [3.63, 3.8) is 0 Å². The molecule has 3 amide bonds. The van der Waals surface area contributed by atoms with Gasteiger partial charge in [-0.25, -0.2) is 4.79 Å². The van der Waals surface area contributed by atoms with E-state index in [1.54, 1.807) is 31.2 Å². The van der Waals surface area contributed by atoms with Gasteiger partial charge in [-0.1, -0.05) is 35.0 Å². The molecule has 0 radical (unpaired) electrons. The molecule has 2 aromatic heterocycles. The average molecular weight is 389 g/mol. The number of carbonyl (C=O) groups is 2. The summed E-state index contributed by atoms with van der Waals surface area (Å²) in [6.45, 7) is 1.59. The van der Waals surface area contributed by atoms with Gasteiger partial charge < -0.3 is 9.84 Å². The fourth-order valence-corrected chi connectivity index (χ4v) is 3.80. The second-order valence-electron chi connectivity index (χ2n) is 5.95. The van der Waals surface area contributed by atoms with Crippen LogP contribution >= 0.6 is 22.9 Å². The van der Waals surface area contributed by atoms with Gasteiger partial charge in [0.15, 0.2) is 5.54 Å². The predicted molar refractivity (Wildman–Crippen MR) is 95.5 cm³/mol. The normalized spacial score (nSPS) is 19.8. The van der Waals surface area contributed by atoms with Crippen molar-refractivity contribution in [2.45, 2.75) is 19.0 Å². The minimum atomic E-state index is -1.08. The molecule has 1 aliphatic heterocycles. The highest BCUT2D eigenvalue weighted by atomic mass is 35.5. The number of nitrogens with one attached hydrogen (secondary N) is 1. The largest absolute Gasteiger partial charge is 0.337 e. The Balaban J connectivity index is 1.56. The molecule has 3 heterocycles. The fraction of sp³-hybridized carbons (Fsp3) is 0.176. The smallest absolute Gasteiger partial charge is 0.325 e. The number of aromatic nitrogens is 2. The molecule has 9 heteroatoms. The third kappa shape index (κ3) is 2.77. The fourth-order valence-electron chi connectivity index (χ4n) is 2.77. The Morgan fingerprint density at radius 1 is 1.31 bits per heavy atom. The van der Waals surface area contributed by atoms with Crippen molar-refractivity contribution in [1.82, 2.24) is 20.4 Å². The van der Waals surface area contributed by atoms with Gasteiger partial charge >= 0.3 is 6.03 Å². The highest BCUT2D eigenvalue weighted by molar-refractivity contribution is 7.10. The second-order valence-corrected chi connectivity index (χ2v) is 7.33. The highest BCUT2D eigenvalue weighted by Gasteiger charge is 2.50. The molecular formula is C17H13ClN4O3S. The molecule has 1 N–H and O–H groups in total. The average Bonchev–Trinajstić information content (AvgIpc) is 3.34. The molecule has 26 heavy (non-hydrogen) atoms. The van der Waals surface area contributed by atoms with Crippen LogP contribution in [0.25, 0.3) is 11.4 Å². The molecule has 0 spiro atoms. The number of hydrogen-bond acceptors (Lipinski definition) is 6. The first-order valence-corrected chi connectivity index (χ1v) is 9.00. The number of halogens is 1. The van der Waals surface area contributed by atoms with Crippen molar-refractivity contribution in [3.8, 4) is 11.4 Å². The van der Waals surface area contributed by atoms with Gasteiger partial charge in [-0.3, -0.25) is 9.69 Å². The van der Waals surface area contributed by atoms with E-state index in [9.17, 15) is 9.59 Å². The third-order valence-electron chi connectivity index (χ3n) is 4.13. The molecule has 1 aliphatic rings. The second kappa shape index (κ2) is 6.22. The van der Waals surface area contributed by atoms with Crippen LogP contribution in [0.1, 0.15) is 17.7 Å². The standard InChI is InChI=1S/C17H13ClN4O3S/c1-17(12-6-3-7-26-12)15(23)22(16(24)20-17)9-13-19-14(21-25-13)10-4-2-5-11(18)8-10/h2-8H,9H2,1H3,(H,20,24). The van der Waals surface area contributed by atoms with Crippen molar-refractivity contribution in [2.75, 3.05) is 0 Å². The summed E-state index contributed by atoms with van der Waals surface area (Å²) in [5.74, 6) is 0.155. The number of thiophene rings is 1. The lowest BCUT2D eigenvalue weighted by atomic mass is 10.0. The number of rotatable bonds is 4. The molecule has 1 atom stereocenters. The Morgan fingerprint density at radius 2 is 2.15 bits per heavy atom. The van der Waals surface area contributed by atoms with Crippen LogP contribution in [0, 0.1) is 0 Å². The van der Waals surface area contributed by atoms with Crippen LogP contribution in [0.4, 0.5) is 4.79 Å². The van der Waals surface area contributed by atoms with Crippen LogP contribution in [0.3, 0.4) is 0 Å². The van der Waals surface area contributed by atoms with Crippen molar-refractivity contribution in [2.24, 2.45) is 0 Å². The molecule has 1 unspecified atom stereocenters. The van der Waals surface area contributed by atoms with E-state index < -0.39 is 11.6 Å². The van der Waals surface area contributed by atoms with Crippen molar-refractivity contribution >= 4 is 34.9 Å². The quantitative estimate of drug-likeness (QED) is 0.692. The van der Waals surface area contributed by atoms with E-state index in [1.165, 1.54) is 11.3 Å². The van der Waals surface area contributed by atoms with E-state index in [0.717, 1.165) is 9.78 Å². The summed E-state index contributed by atoms with van der Waals surface area (Å²) in [6.07, 6.45) is 0. The maximum Gasteiger partial charge on any atom is 0.325 e. The number of hydrogen-bond donors (Lipinski definition) is 1. The van der Waals surface area contributed by atoms with Gasteiger partial charge in [-0.05, 0) is 30.5 Å². The lowest BCUT2D eigenvalue weighted by Gasteiger charge is -2.19. The van der Waals surface area contributed by atoms with Gasteiger partial charge in [0.25, 0.3) is 5.91 Å². The molecule has 1 aromatic carbocycles. The lowest BCUT2D eigenvalue weighted by molar-refractivity contribution is -0.131. The molecular weight excluding hydrogens is 376 g/mol. The summed E-state index contributed by atoms with van der Waals surface area (Å²) >= 11 is 7.38. The first-order chi connectivity index (χ1) is 12.5. The number of nitrogens with zero attached hydrogens (tertiary/aromatic N) is 3. The molecule has 0 saturated carbocycles. The summed E-state index contributed by atoms with van der Waals surface area (Å²) in [7, 11) is 0. The summed E-state index contributed by atoms with van der Waals surface area (Å²) < 4.78 is 5.20.